The van der Waals surface area contributed by atoms with E-state index in [9.17, 15) is 24.3 Å². The van der Waals surface area contributed by atoms with Gasteiger partial charge in [0.15, 0.2) is 0 Å². The van der Waals surface area contributed by atoms with E-state index in [1.807, 2.05) is 13.8 Å². The van der Waals surface area contributed by atoms with Crippen molar-refractivity contribution < 1.29 is 43.2 Å². The Bertz CT molecular complexity index is 1130. The van der Waals surface area contributed by atoms with Gasteiger partial charge in [-0.15, -0.1) is 0 Å². The van der Waals surface area contributed by atoms with Crippen LogP contribution in [0.4, 0.5) is 0 Å². The van der Waals surface area contributed by atoms with Crippen LogP contribution >= 0.6 is 0 Å². The summed E-state index contributed by atoms with van der Waals surface area (Å²) in [5, 5.41) is 11.8. The van der Waals surface area contributed by atoms with Crippen molar-refractivity contribution in [2.24, 2.45) is 29.1 Å². The molecule has 0 aromatic carbocycles. The number of carbonyl (C=O) groups excluding carboxylic acids is 4. The molecule has 3 heterocycles. The Morgan fingerprint density at radius 3 is 2.54 bits per heavy atom. The van der Waals surface area contributed by atoms with Crippen LogP contribution in [0.25, 0.3) is 0 Å². The molecule has 8 atom stereocenters. The first-order valence-electron chi connectivity index (χ1n) is 13.1. The van der Waals surface area contributed by atoms with E-state index in [1.165, 1.54) is 6.92 Å². The summed E-state index contributed by atoms with van der Waals surface area (Å²) in [6.45, 7) is 10.3. The number of aliphatic hydroxyl groups is 1. The summed E-state index contributed by atoms with van der Waals surface area (Å²) >= 11 is 0. The van der Waals surface area contributed by atoms with Gasteiger partial charge in [0.05, 0.1) is 24.0 Å². The Morgan fingerprint density at radius 1 is 1.22 bits per heavy atom. The van der Waals surface area contributed by atoms with E-state index in [2.05, 4.69) is 0 Å². The standard InChI is InChI=1S/C28H36O9/c1-14-9-17(34-24(14)32)10-15(2)28-26(6,13-22(31)36-28)20-11-27(33)12-21(30)18(25(4,5)35-16(3)29)7-8-19(27)23(20)37-28/h9-10,15,18-20,23,33H,7-8,11-13H2,1-6H3. The molecule has 9 nitrogen and oxygen atoms in total. The number of ketones is 1. The number of hydrogen-bond donors (Lipinski definition) is 1. The number of ether oxygens (including phenoxy) is 4. The molecular weight excluding hydrogens is 480 g/mol. The van der Waals surface area contributed by atoms with Crippen molar-refractivity contribution >= 4 is 23.7 Å². The zero-order valence-electron chi connectivity index (χ0n) is 22.3. The third kappa shape index (κ3) is 3.80. The molecule has 0 aromatic heterocycles. The van der Waals surface area contributed by atoms with Gasteiger partial charge in [0.1, 0.15) is 17.1 Å². The highest BCUT2D eigenvalue weighted by Gasteiger charge is 2.76. The second-order valence-corrected chi connectivity index (χ2v) is 12.4. The Balaban J connectivity index is 1.45. The minimum Gasteiger partial charge on any atom is -0.459 e. The van der Waals surface area contributed by atoms with Gasteiger partial charge < -0.3 is 24.1 Å². The molecule has 5 rings (SSSR count). The summed E-state index contributed by atoms with van der Waals surface area (Å²) < 4.78 is 23.5. The third-order valence-corrected chi connectivity index (χ3v) is 9.55. The van der Waals surface area contributed by atoms with Gasteiger partial charge in [-0.3, -0.25) is 14.4 Å². The smallest absolute Gasteiger partial charge is 0.339 e. The van der Waals surface area contributed by atoms with E-state index in [0.717, 1.165) is 0 Å². The predicted octanol–water partition coefficient (Wildman–Crippen LogP) is 3.14. The number of Topliss-reactive ketones (excluding diaryl/α,β-unsaturated/α-hetero) is 1. The Labute approximate surface area is 216 Å². The summed E-state index contributed by atoms with van der Waals surface area (Å²) in [5.74, 6) is -3.78. The van der Waals surface area contributed by atoms with Crippen molar-refractivity contribution in [2.45, 2.75) is 96.7 Å². The number of carbonyl (C=O) groups is 4. The van der Waals surface area contributed by atoms with Gasteiger partial charge in [-0.1, -0.05) is 13.8 Å². The van der Waals surface area contributed by atoms with Crippen LogP contribution in [0.1, 0.15) is 73.6 Å². The van der Waals surface area contributed by atoms with E-state index >= 15 is 0 Å². The molecule has 0 amide bonds. The average Bonchev–Trinajstić information content (AvgIpc) is 3.33. The lowest BCUT2D eigenvalue weighted by Gasteiger charge is -2.41. The lowest BCUT2D eigenvalue weighted by molar-refractivity contribution is -0.256. The summed E-state index contributed by atoms with van der Waals surface area (Å²) in [5.41, 5.74) is -2.52. The van der Waals surface area contributed by atoms with E-state index < -0.39 is 52.3 Å². The maximum atomic E-state index is 13.4. The summed E-state index contributed by atoms with van der Waals surface area (Å²) in [7, 11) is 0. The van der Waals surface area contributed by atoms with Crippen molar-refractivity contribution in [3.05, 3.63) is 23.5 Å². The first-order chi connectivity index (χ1) is 17.1. The quantitative estimate of drug-likeness (QED) is 0.443. The van der Waals surface area contributed by atoms with Crippen molar-refractivity contribution in [3.8, 4) is 0 Å². The van der Waals surface area contributed by atoms with Crippen molar-refractivity contribution in [1.29, 1.82) is 0 Å². The first-order valence-corrected chi connectivity index (χ1v) is 13.1. The van der Waals surface area contributed by atoms with Crippen LogP contribution in [0, 0.1) is 29.1 Å². The number of hydrogen-bond acceptors (Lipinski definition) is 9. The predicted molar refractivity (Wildman–Crippen MR) is 128 cm³/mol. The lowest BCUT2D eigenvalue weighted by atomic mass is 9.66. The van der Waals surface area contributed by atoms with Gasteiger partial charge in [-0.25, -0.2) is 4.79 Å². The molecule has 4 fully saturated rings. The van der Waals surface area contributed by atoms with E-state index in [-0.39, 0.29) is 36.4 Å². The Hall–Kier alpha value is -2.52. The fraction of sp³-hybridized carbons (Fsp3) is 0.714. The van der Waals surface area contributed by atoms with Crippen LogP contribution in [0.5, 0.6) is 0 Å². The first kappa shape index (κ1) is 26.1. The highest BCUT2D eigenvalue weighted by Crippen LogP contribution is 2.68. The van der Waals surface area contributed by atoms with Gasteiger partial charge in [0, 0.05) is 42.1 Å². The van der Waals surface area contributed by atoms with Crippen LogP contribution in [-0.2, 0) is 38.1 Å². The molecule has 8 unspecified atom stereocenters. The second kappa shape index (κ2) is 8.24. The summed E-state index contributed by atoms with van der Waals surface area (Å²) in [6, 6.07) is 0. The van der Waals surface area contributed by atoms with Crippen molar-refractivity contribution in [1.82, 2.24) is 0 Å². The molecule has 0 bridgehead atoms. The van der Waals surface area contributed by atoms with Crippen molar-refractivity contribution in [2.75, 3.05) is 0 Å². The van der Waals surface area contributed by atoms with Gasteiger partial charge >= 0.3 is 17.9 Å². The minimum atomic E-state index is -1.28. The van der Waals surface area contributed by atoms with Crippen molar-refractivity contribution in [3.63, 3.8) is 0 Å². The monoisotopic (exact) mass is 516 g/mol. The highest BCUT2D eigenvalue weighted by atomic mass is 16.7. The molecule has 2 saturated carbocycles. The molecule has 2 saturated heterocycles. The Kier molecular flexibility index (Phi) is 5.81. The molecule has 202 valence electrons. The molecular formula is C28H36O9. The summed E-state index contributed by atoms with van der Waals surface area (Å²) in [6.07, 6.45) is 4.33. The number of fused-ring (bicyclic) bond motifs is 5. The minimum absolute atomic E-state index is 0.0547. The largest absolute Gasteiger partial charge is 0.459 e. The molecule has 1 N–H and O–H groups in total. The third-order valence-electron chi connectivity index (χ3n) is 9.55. The fourth-order valence-electron chi connectivity index (χ4n) is 7.87. The molecule has 0 aromatic rings. The van der Waals surface area contributed by atoms with Crippen LogP contribution in [0.15, 0.2) is 23.5 Å². The zero-order chi connectivity index (χ0) is 27.1. The summed E-state index contributed by atoms with van der Waals surface area (Å²) in [4.78, 5) is 49.5. The molecule has 9 heteroatoms. The van der Waals surface area contributed by atoms with Crippen LogP contribution in [0.3, 0.4) is 0 Å². The topological polar surface area (TPSA) is 125 Å². The van der Waals surface area contributed by atoms with Crippen LogP contribution < -0.4 is 0 Å². The molecule has 5 aliphatic rings. The van der Waals surface area contributed by atoms with Gasteiger partial charge in [-0.05, 0) is 52.2 Å². The highest BCUT2D eigenvalue weighted by molar-refractivity contribution is 5.92. The lowest BCUT2D eigenvalue weighted by Crippen LogP contribution is -2.50. The molecule has 0 radical (unpaired) electrons. The molecule has 3 aliphatic heterocycles. The van der Waals surface area contributed by atoms with E-state index in [4.69, 9.17) is 18.9 Å². The average molecular weight is 517 g/mol. The maximum Gasteiger partial charge on any atom is 0.339 e. The number of rotatable bonds is 4. The molecule has 37 heavy (non-hydrogen) atoms. The van der Waals surface area contributed by atoms with Gasteiger partial charge in [-0.2, -0.15) is 0 Å². The zero-order valence-corrected chi connectivity index (χ0v) is 22.3. The van der Waals surface area contributed by atoms with E-state index in [0.29, 0.717) is 30.6 Å². The van der Waals surface area contributed by atoms with E-state index in [1.54, 1.807) is 32.9 Å². The second-order valence-electron chi connectivity index (χ2n) is 12.4. The van der Waals surface area contributed by atoms with Gasteiger partial charge in [0.2, 0.25) is 5.79 Å². The van der Waals surface area contributed by atoms with Crippen LogP contribution in [0.2, 0.25) is 0 Å². The number of esters is 3. The number of cyclic esters (lactones) is 1. The molecule has 0 spiro atoms. The SMILES string of the molecule is CC(=O)OC(C)(C)C1CCC2C3OC4(C(C)C=C5C=C(C)C(=O)O5)OC(=O)CC4(C)C3CC2(O)CC1=O. The maximum absolute atomic E-state index is 13.4. The van der Waals surface area contributed by atoms with Crippen LogP contribution in [-0.4, -0.2) is 51.9 Å². The van der Waals surface area contributed by atoms with Gasteiger partial charge in [0.25, 0.3) is 0 Å². The normalized spacial score (nSPS) is 42.9. The number of allylic oxidation sites excluding steroid dienone is 1. The molecule has 2 aliphatic carbocycles. The Morgan fingerprint density at radius 2 is 1.92 bits per heavy atom. The fourth-order valence-corrected chi connectivity index (χ4v) is 7.87.